The molecule has 0 aromatic heterocycles. The van der Waals surface area contributed by atoms with E-state index in [1.54, 1.807) is 18.7 Å². The number of nitrogens with one attached hydrogen (secondary N) is 4. The Kier molecular flexibility index (Phi) is 14.5. The van der Waals surface area contributed by atoms with E-state index in [4.69, 9.17) is 5.73 Å². The molecule has 1 aromatic rings. The van der Waals surface area contributed by atoms with Crippen LogP contribution in [-0.4, -0.2) is 65.2 Å². The largest absolute Gasteiger partial charge is 0.368 e. The van der Waals surface area contributed by atoms with Gasteiger partial charge in [-0.15, -0.1) is 0 Å². The minimum Gasteiger partial charge on any atom is -0.368 e. The molecule has 228 valence electrons. The van der Waals surface area contributed by atoms with Gasteiger partial charge >= 0.3 is 0 Å². The predicted octanol–water partition coefficient (Wildman–Crippen LogP) is 2.09. The van der Waals surface area contributed by atoms with Crippen LogP contribution in [0.5, 0.6) is 0 Å². The van der Waals surface area contributed by atoms with E-state index < -0.39 is 47.8 Å². The number of carbonyl (C=O) groups is 5. The zero-order valence-corrected chi connectivity index (χ0v) is 26.3. The summed E-state index contributed by atoms with van der Waals surface area (Å²) in [4.78, 5) is 64.4. The van der Waals surface area contributed by atoms with E-state index in [1.165, 1.54) is 11.8 Å². The standard InChI is InChI=1S/C29H45N5O5S2/c1-6-18(4)25-29(39)33-23(26(30)36)16-41-15-21-9-7-20(8-10-21)14-40-12-11-24(35)31-19(5)27(37)32-22(13-17(2)3)28(38)34-25/h7-10,17-19,22-23,25H,6,11-16H2,1-5H3,(H2,30,36)(H,31,35)(H,32,37)(H,33,39)(H,34,38)/t18-,19-,22-,23-,25-/m0/s1. The lowest BCUT2D eigenvalue weighted by Crippen LogP contribution is -2.59. The Morgan fingerprint density at radius 2 is 1.51 bits per heavy atom. The minimum atomic E-state index is -0.935. The fraction of sp³-hybridized carbons (Fsp3) is 0.621. The second-order valence-corrected chi connectivity index (χ2v) is 13.1. The summed E-state index contributed by atoms with van der Waals surface area (Å²) in [6.45, 7) is 9.16. The third-order valence-corrected chi connectivity index (χ3v) is 9.02. The lowest BCUT2D eigenvalue weighted by Gasteiger charge is -2.29. The summed E-state index contributed by atoms with van der Waals surface area (Å²) >= 11 is 3.11. The quantitative estimate of drug-likeness (QED) is 0.321. The molecule has 0 saturated heterocycles. The predicted molar refractivity (Wildman–Crippen MR) is 165 cm³/mol. The Morgan fingerprint density at radius 1 is 0.902 bits per heavy atom. The third-order valence-electron chi connectivity index (χ3n) is 6.88. The van der Waals surface area contributed by atoms with Gasteiger partial charge in [-0.1, -0.05) is 58.4 Å². The SMILES string of the molecule is CC[C@H](C)[C@@H]1NC(=O)[C@H](CC(C)C)NC(=O)[C@H](C)NC(=O)CCSCc2ccc(cc2)CSC[C@@H](C(N)=O)NC1=O. The van der Waals surface area contributed by atoms with Gasteiger partial charge in [0.25, 0.3) is 0 Å². The van der Waals surface area contributed by atoms with E-state index in [0.717, 1.165) is 16.9 Å². The first-order valence-electron chi connectivity index (χ1n) is 14.1. The molecule has 10 nitrogen and oxygen atoms in total. The molecule has 2 heterocycles. The van der Waals surface area contributed by atoms with Gasteiger partial charge in [-0.3, -0.25) is 24.0 Å². The molecule has 0 radical (unpaired) electrons. The molecule has 0 spiro atoms. The van der Waals surface area contributed by atoms with Crippen LogP contribution in [0.4, 0.5) is 0 Å². The van der Waals surface area contributed by atoms with Gasteiger partial charge in [0.1, 0.15) is 24.2 Å². The molecule has 12 heteroatoms. The third kappa shape index (κ3) is 12.0. The maximum absolute atomic E-state index is 13.4. The monoisotopic (exact) mass is 607 g/mol. The number of primary amides is 1. The average molecular weight is 608 g/mol. The van der Waals surface area contributed by atoms with Crippen molar-refractivity contribution in [2.75, 3.05) is 11.5 Å². The summed E-state index contributed by atoms with van der Waals surface area (Å²) in [6, 6.07) is 4.50. The highest BCUT2D eigenvalue weighted by molar-refractivity contribution is 7.98. The summed E-state index contributed by atoms with van der Waals surface area (Å²) in [5, 5.41) is 11.0. The number of fused-ring (bicyclic) bond motifs is 20. The first-order chi connectivity index (χ1) is 19.4. The molecule has 0 aliphatic carbocycles. The van der Waals surface area contributed by atoms with Crippen molar-refractivity contribution in [3.05, 3.63) is 35.4 Å². The van der Waals surface area contributed by atoms with Crippen molar-refractivity contribution in [3.8, 4) is 0 Å². The molecule has 2 bridgehead atoms. The molecule has 2 aliphatic rings. The van der Waals surface area contributed by atoms with Gasteiger partial charge in [0.2, 0.25) is 29.5 Å². The zero-order chi connectivity index (χ0) is 30.5. The van der Waals surface area contributed by atoms with Crippen molar-refractivity contribution < 1.29 is 24.0 Å². The Labute approximate surface area is 251 Å². The molecule has 5 amide bonds. The van der Waals surface area contributed by atoms with Crippen molar-refractivity contribution in [1.82, 2.24) is 21.3 Å². The Bertz CT molecular complexity index is 1050. The number of thioether (sulfide) groups is 2. The molecular weight excluding hydrogens is 562 g/mol. The van der Waals surface area contributed by atoms with E-state index in [2.05, 4.69) is 21.3 Å². The topological polar surface area (TPSA) is 159 Å². The normalized spacial score (nSPS) is 25.0. The van der Waals surface area contributed by atoms with E-state index >= 15 is 0 Å². The van der Waals surface area contributed by atoms with E-state index in [-0.39, 0.29) is 29.9 Å². The summed E-state index contributed by atoms with van der Waals surface area (Å²) in [6.07, 6.45) is 1.19. The second-order valence-electron chi connectivity index (χ2n) is 10.9. The highest BCUT2D eigenvalue weighted by Gasteiger charge is 2.32. The van der Waals surface area contributed by atoms with Crippen molar-refractivity contribution in [3.63, 3.8) is 0 Å². The molecule has 0 unspecified atom stereocenters. The van der Waals surface area contributed by atoms with Crippen LogP contribution in [0.1, 0.15) is 65.0 Å². The molecule has 5 atom stereocenters. The van der Waals surface area contributed by atoms with Crippen molar-refractivity contribution >= 4 is 53.1 Å². The van der Waals surface area contributed by atoms with Crippen LogP contribution in [0.2, 0.25) is 0 Å². The van der Waals surface area contributed by atoms with Gasteiger partial charge in [-0.05, 0) is 36.3 Å². The molecule has 0 fully saturated rings. The summed E-state index contributed by atoms with van der Waals surface area (Å²) < 4.78 is 0. The van der Waals surface area contributed by atoms with E-state index in [1.807, 2.05) is 52.0 Å². The molecule has 6 N–H and O–H groups in total. The van der Waals surface area contributed by atoms with Crippen LogP contribution in [0.3, 0.4) is 0 Å². The highest BCUT2D eigenvalue weighted by atomic mass is 32.2. The summed E-state index contributed by atoms with van der Waals surface area (Å²) in [5.41, 5.74) is 7.82. The Morgan fingerprint density at radius 3 is 2.07 bits per heavy atom. The smallest absolute Gasteiger partial charge is 0.243 e. The van der Waals surface area contributed by atoms with E-state index in [9.17, 15) is 24.0 Å². The van der Waals surface area contributed by atoms with Crippen LogP contribution in [0, 0.1) is 11.8 Å². The fourth-order valence-corrected chi connectivity index (χ4v) is 6.10. The van der Waals surface area contributed by atoms with Crippen LogP contribution in [0.25, 0.3) is 0 Å². The molecular formula is C29H45N5O5S2. The van der Waals surface area contributed by atoms with Crippen LogP contribution in [-0.2, 0) is 35.5 Å². The van der Waals surface area contributed by atoms with Crippen LogP contribution in [0.15, 0.2) is 24.3 Å². The number of hydrogen-bond donors (Lipinski definition) is 5. The Balaban J connectivity index is 2.30. The fourth-order valence-electron chi connectivity index (χ4n) is 4.17. The maximum Gasteiger partial charge on any atom is 0.243 e. The minimum absolute atomic E-state index is 0.0674. The van der Waals surface area contributed by atoms with Crippen LogP contribution < -0.4 is 27.0 Å². The van der Waals surface area contributed by atoms with E-state index in [0.29, 0.717) is 24.3 Å². The highest BCUT2D eigenvalue weighted by Crippen LogP contribution is 2.18. The van der Waals surface area contributed by atoms with Gasteiger partial charge in [-0.25, -0.2) is 0 Å². The second kappa shape index (κ2) is 17.3. The van der Waals surface area contributed by atoms with Crippen LogP contribution >= 0.6 is 23.5 Å². The lowest BCUT2D eigenvalue weighted by atomic mass is 9.96. The van der Waals surface area contributed by atoms with Gasteiger partial charge in [0.15, 0.2) is 0 Å². The number of nitrogens with two attached hydrogens (primary N) is 1. The molecule has 2 aliphatic heterocycles. The maximum atomic E-state index is 13.4. The first-order valence-corrected chi connectivity index (χ1v) is 16.4. The number of carbonyl (C=O) groups excluding carboxylic acids is 5. The Hall–Kier alpha value is -2.73. The summed E-state index contributed by atoms with van der Waals surface area (Å²) in [5.74, 6) is -0.316. The van der Waals surface area contributed by atoms with Crippen molar-refractivity contribution in [2.24, 2.45) is 17.6 Å². The molecule has 1 aromatic carbocycles. The first kappa shape index (κ1) is 34.5. The van der Waals surface area contributed by atoms with Crippen molar-refractivity contribution in [1.29, 1.82) is 0 Å². The number of hydrogen-bond acceptors (Lipinski definition) is 7. The van der Waals surface area contributed by atoms with Gasteiger partial charge in [0.05, 0.1) is 0 Å². The molecule has 3 rings (SSSR count). The molecule has 41 heavy (non-hydrogen) atoms. The number of amides is 5. The number of benzene rings is 1. The van der Waals surface area contributed by atoms with Crippen molar-refractivity contribution in [2.45, 2.75) is 89.6 Å². The molecule has 0 saturated carbocycles. The summed E-state index contributed by atoms with van der Waals surface area (Å²) in [7, 11) is 0. The zero-order valence-electron chi connectivity index (χ0n) is 24.7. The lowest BCUT2D eigenvalue weighted by molar-refractivity contribution is -0.135. The average Bonchev–Trinajstić information content (AvgIpc) is 2.92. The van der Waals surface area contributed by atoms with Gasteiger partial charge < -0.3 is 27.0 Å². The van der Waals surface area contributed by atoms with Gasteiger partial charge in [0, 0.05) is 29.4 Å². The number of rotatable bonds is 5. The van der Waals surface area contributed by atoms with Gasteiger partial charge in [-0.2, -0.15) is 23.5 Å².